The highest BCUT2D eigenvalue weighted by Gasteiger charge is 2.55. The number of hydrogen-bond donors (Lipinski definition) is 1. The summed E-state index contributed by atoms with van der Waals surface area (Å²) in [6.45, 7) is 2.00. The molecule has 2 heterocycles. The summed E-state index contributed by atoms with van der Waals surface area (Å²) in [6, 6.07) is 7.91. The van der Waals surface area contributed by atoms with Crippen molar-refractivity contribution in [3.05, 3.63) is 24.3 Å². The third-order valence-corrected chi connectivity index (χ3v) is 4.74. The van der Waals surface area contributed by atoms with Crippen molar-refractivity contribution in [3.63, 3.8) is 0 Å². The summed E-state index contributed by atoms with van der Waals surface area (Å²) in [5.41, 5.74) is 0.180. The lowest BCUT2D eigenvalue weighted by molar-refractivity contribution is -0.146. The number of carbonyl (C=O) groups excluding carboxylic acids is 1. The van der Waals surface area contributed by atoms with E-state index in [0.717, 1.165) is 43.8 Å². The lowest BCUT2D eigenvalue weighted by Crippen LogP contribution is -2.54. The van der Waals surface area contributed by atoms with Crippen LogP contribution in [0.2, 0.25) is 0 Å². The van der Waals surface area contributed by atoms with Gasteiger partial charge < -0.3 is 14.8 Å². The molecule has 2 aliphatic rings. The Bertz CT molecular complexity index is 534. The van der Waals surface area contributed by atoms with Crippen LogP contribution in [0.5, 0.6) is 5.75 Å². The van der Waals surface area contributed by atoms with Gasteiger partial charge in [0, 0.05) is 12.6 Å². The lowest BCUT2D eigenvalue weighted by atomic mass is 9.88. The van der Waals surface area contributed by atoms with E-state index in [-0.39, 0.29) is 12.0 Å². The first-order valence-electron chi connectivity index (χ1n) is 7.45. The van der Waals surface area contributed by atoms with Crippen molar-refractivity contribution in [2.24, 2.45) is 0 Å². The predicted molar refractivity (Wildman–Crippen MR) is 80.6 cm³/mol. The topological polar surface area (TPSA) is 50.8 Å². The van der Waals surface area contributed by atoms with Gasteiger partial charge in [-0.15, -0.1) is 0 Å². The molecule has 1 N–H and O–H groups in total. The van der Waals surface area contributed by atoms with Crippen molar-refractivity contribution in [3.8, 4) is 5.75 Å². The molecule has 114 valence electrons. The SMILES string of the molecule is COC(=O)C1(Nc2ccccc2OC)CCN2CCCC21. The molecule has 0 saturated carbocycles. The minimum Gasteiger partial charge on any atom is -0.495 e. The molecule has 2 saturated heterocycles. The van der Waals surface area contributed by atoms with E-state index < -0.39 is 5.54 Å². The Morgan fingerprint density at radius 3 is 2.90 bits per heavy atom. The van der Waals surface area contributed by atoms with E-state index in [1.807, 2.05) is 24.3 Å². The van der Waals surface area contributed by atoms with Gasteiger partial charge in [0.05, 0.1) is 19.9 Å². The van der Waals surface area contributed by atoms with Crippen molar-refractivity contribution >= 4 is 11.7 Å². The zero-order chi connectivity index (χ0) is 14.9. The van der Waals surface area contributed by atoms with E-state index in [0.29, 0.717) is 0 Å². The van der Waals surface area contributed by atoms with Crippen LogP contribution in [0.15, 0.2) is 24.3 Å². The number of fused-ring (bicyclic) bond motifs is 1. The highest BCUT2D eigenvalue weighted by Crippen LogP contribution is 2.40. The molecule has 5 heteroatoms. The monoisotopic (exact) mass is 290 g/mol. The molecule has 0 aromatic heterocycles. The number of para-hydroxylation sites is 2. The molecule has 0 amide bonds. The summed E-state index contributed by atoms with van der Waals surface area (Å²) in [7, 11) is 3.10. The number of benzene rings is 1. The molecule has 2 aliphatic heterocycles. The van der Waals surface area contributed by atoms with Gasteiger partial charge in [0.15, 0.2) is 5.54 Å². The smallest absolute Gasteiger partial charge is 0.333 e. The van der Waals surface area contributed by atoms with Gasteiger partial charge in [0.25, 0.3) is 0 Å². The molecule has 2 atom stereocenters. The number of nitrogens with zero attached hydrogens (tertiary/aromatic N) is 1. The summed E-state index contributed by atoms with van der Waals surface area (Å²) in [5.74, 6) is 0.569. The molecule has 21 heavy (non-hydrogen) atoms. The second kappa shape index (κ2) is 5.56. The van der Waals surface area contributed by atoms with Crippen LogP contribution < -0.4 is 10.1 Å². The Hall–Kier alpha value is -1.75. The maximum Gasteiger partial charge on any atom is 0.333 e. The van der Waals surface area contributed by atoms with Gasteiger partial charge >= 0.3 is 5.97 Å². The van der Waals surface area contributed by atoms with Crippen molar-refractivity contribution in [1.82, 2.24) is 4.90 Å². The molecular weight excluding hydrogens is 268 g/mol. The Kier molecular flexibility index (Phi) is 3.76. The van der Waals surface area contributed by atoms with Crippen LogP contribution in [0, 0.1) is 0 Å². The summed E-state index contributed by atoms with van der Waals surface area (Å²) >= 11 is 0. The number of esters is 1. The molecule has 3 rings (SSSR count). The summed E-state index contributed by atoms with van der Waals surface area (Å²) < 4.78 is 10.5. The quantitative estimate of drug-likeness (QED) is 0.858. The largest absolute Gasteiger partial charge is 0.495 e. The van der Waals surface area contributed by atoms with E-state index in [9.17, 15) is 4.79 Å². The third-order valence-electron chi connectivity index (χ3n) is 4.74. The average molecular weight is 290 g/mol. The van der Waals surface area contributed by atoms with Gasteiger partial charge in [-0.3, -0.25) is 4.90 Å². The Balaban J connectivity index is 1.95. The number of anilines is 1. The molecule has 2 fully saturated rings. The van der Waals surface area contributed by atoms with Crippen LogP contribution in [-0.2, 0) is 9.53 Å². The second-order valence-electron chi connectivity index (χ2n) is 5.73. The van der Waals surface area contributed by atoms with Gasteiger partial charge in [-0.1, -0.05) is 12.1 Å². The molecule has 0 radical (unpaired) electrons. The van der Waals surface area contributed by atoms with Crippen molar-refractivity contribution < 1.29 is 14.3 Å². The summed E-state index contributed by atoms with van der Waals surface area (Å²) in [4.78, 5) is 14.9. The number of ether oxygens (including phenoxy) is 2. The predicted octanol–water partition coefficient (Wildman–Crippen LogP) is 1.89. The summed E-state index contributed by atoms with van der Waals surface area (Å²) in [6.07, 6.45) is 2.93. The molecule has 0 aliphatic carbocycles. The van der Waals surface area contributed by atoms with Crippen LogP contribution in [-0.4, -0.2) is 49.8 Å². The summed E-state index contributed by atoms with van der Waals surface area (Å²) in [5, 5.41) is 3.45. The van der Waals surface area contributed by atoms with E-state index >= 15 is 0 Å². The van der Waals surface area contributed by atoms with Gasteiger partial charge in [-0.05, 0) is 37.9 Å². The minimum atomic E-state index is -0.667. The van der Waals surface area contributed by atoms with Gasteiger partial charge in [0.2, 0.25) is 0 Å². The van der Waals surface area contributed by atoms with Crippen LogP contribution in [0.1, 0.15) is 19.3 Å². The molecule has 0 bridgehead atoms. The van der Waals surface area contributed by atoms with E-state index in [1.165, 1.54) is 7.11 Å². The highest BCUT2D eigenvalue weighted by molar-refractivity contribution is 5.87. The first-order chi connectivity index (χ1) is 10.2. The fourth-order valence-electron chi connectivity index (χ4n) is 3.74. The first kappa shape index (κ1) is 14.2. The zero-order valence-electron chi connectivity index (χ0n) is 12.6. The number of nitrogens with one attached hydrogen (secondary N) is 1. The third kappa shape index (κ3) is 2.25. The van der Waals surface area contributed by atoms with E-state index in [2.05, 4.69) is 10.2 Å². The minimum absolute atomic E-state index is 0.178. The fraction of sp³-hybridized carbons (Fsp3) is 0.562. The molecule has 2 unspecified atom stereocenters. The lowest BCUT2D eigenvalue weighted by Gasteiger charge is -2.34. The normalized spacial score (nSPS) is 28.2. The fourth-order valence-corrected chi connectivity index (χ4v) is 3.74. The number of hydrogen-bond acceptors (Lipinski definition) is 5. The molecule has 1 aromatic rings. The molecule has 1 aromatic carbocycles. The first-order valence-corrected chi connectivity index (χ1v) is 7.45. The van der Waals surface area contributed by atoms with Crippen molar-refractivity contribution in [1.29, 1.82) is 0 Å². The van der Waals surface area contributed by atoms with Crippen LogP contribution >= 0.6 is 0 Å². The average Bonchev–Trinajstić information content (AvgIpc) is 3.11. The highest BCUT2D eigenvalue weighted by atomic mass is 16.5. The zero-order valence-corrected chi connectivity index (χ0v) is 12.6. The van der Waals surface area contributed by atoms with E-state index in [1.54, 1.807) is 7.11 Å². The number of carbonyl (C=O) groups is 1. The Labute approximate surface area is 125 Å². The van der Waals surface area contributed by atoms with E-state index in [4.69, 9.17) is 9.47 Å². The molecule has 5 nitrogen and oxygen atoms in total. The van der Waals surface area contributed by atoms with Crippen molar-refractivity contribution in [2.75, 3.05) is 32.6 Å². The Morgan fingerprint density at radius 2 is 2.14 bits per heavy atom. The van der Waals surface area contributed by atoms with Gasteiger partial charge in [-0.25, -0.2) is 4.79 Å². The standard InChI is InChI=1S/C16H22N2O3/c1-20-13-7-4-3-6-12(13)17-16(15(19)21-2)9-11-18-10-5-8-14(16)18/h3-4,6-7,14,17H,5,8-11H2,1-2H3. The van der Waals surface area contributed by atoms with Crippen LogP contribution in [0.3, 0.4) is 0 Å². The molecular formula is C16H22N2O3. The van der Waals surface area contributed by atoms with Gasteiger partial charge in [-0.2, -0.15) is 0 Å². The maximum atomic E-state index is 12.5. The molecule has 0 spiro atoms. The van der Waals surface area contributed by atoms with Gasteiger partial charge in [0.1, 0.15) is 5.75 Å². The maximum absolute atomic E-state index is 12.5. The van der Waals surface area contributed by atoms with Crippen LogP contribution in [0.25, 0.3) is 0 Å². The Morgan fingerprint density at radius 1 is 1.33 bits per heavy atom. The van der Waals surface area contributed by atoms with Crippen LogP contribution in [0.4, 0.5) is 5.69 Å². The number of rotatable bonds is 4. The van der Waals surface area contributed by atoms with Crippen molar-refractivity contribution in [2.45, 2.75) is 30.8 Å². The second-order valence-corrected chi connectivity index (χ2v) is 5.73. The number of methoxy groups -OCH3 is 2.